The van der Waals surface area contributed by atoms with E-state index in [0.717, 1.165) is 32.4 Å². The van der Waals surface area contributed by atoms with Gasteiger partial charge in [0.1, 0.15) is 0 Å². The van der Waals surface area contributed by atoms with Gasteiger partial charge in [0.2, 0.25) is 0 Å². The summed E-state index contributed by atoms with van der Waals surface area (Å²) in [5, 5.41) is 3.19. The van der Waals surface area contributed by atoms with Crippen LogP contribution >= 0.6 is 38.5 Å². The maximum atomic E-state index is 12.3. The number of amides is 1. The maximum Gasteiger partial charge on any atom is 0.252 e. The molecule has 2 nitrogen and oxygen atoms in total. The molecule has 3 atom stereocenters. The SMILES string of the molecule is CC1CCC(NC(=O)c2cc(Br)ccc2I)CC1C. The average Bonchev–Trinajstić information content (AvgIpc) is 2.36. The number of benzene rings is 1. The quantitative estimate of drug-likeness (QED) is 0.675. The minimum Gasteiger partial charge on any atom is -0.349 e. The summed E-state index contributed by atoms with van der Waals surface area (Å²) in [6.45, 7) is 4.59. The van der Waals surface area contributed by atoms with Crippen molar-refractivity contribution in [1.82, 2.24) is 5.32 Å². The van der Waals surface area contributed by atoms with Crippen molar-refractivity contribution >= 4 is 44.4 Å². The summed E-state index contributed by atoms with van der Waals surface area (Å²) in [4.78, 5) is 12.3. The van der Waals surface area contributed by atoms with E-state index >= 15 is 0 Å². The van der Waals surface area contributed by atoms with Crippen molar-refractivity contribution in [2.75, 3.05) is 0 Å². The monoisotopic (exact) mass is 435 g/mol. The van der Waals surface area contributed by atoms with E-state index in [1.807, 2.05) is 18.2 Å². The molecule has 0 aromatic heterocycles. The Labute approximate surface area is 137 Å². The van der Waals surface area contributed by atoms with Gasteiger partial charge in [0.05, 0.1) is 5.56 Å². The third kappa shape index (κ3) is 3.94. The van der Waals surface area contributed by atoms with Crippen LogP contribution in [-0.2, 0) is 0 Å². The van der Waals surface area contributed by atoms with Crippen LogP contribution in [0.15, 0.2) is 22.7 Å². The van der Waals surface area contributed by atoms with Gasteiger partial charge in [-0.05, 0) is 71.9 Å². The molecule has 1 saturated carbocycles. The normalized spacial score (nSPS) is 27.1. The van der Waals surface area contributed by atoms with Crippen molar-refractivity contribution in [3.63, 3.8) is 0 Å². The van der Waals surface area contributed by atoms with Crippen molar-refractivity contribution in [3.8, 4) is 0 Å². The standard InChI is InChI=1S/C15H19BrINO/c1-9-3-5-12(7-10(9)2)18-15(19)13-8-11(16)4-6-14(13)17/h4,6,8-10,12H,3,5,7H2,1-2H3,(H,18,19). The van der Waals surface area contributed by atoms with Gasteiger partial charge in [-0.1, -0.05) is 29.8 Å². The van der Waals surface area contributed by atoms with E-state index in [1.165, 1.54) is 6.42 Å². The highest BCUT2D eigenvalue weighted by atomic mass is 127. The molecule has 2 rings (SSSR count). The number of rotatable bonds is 2. The molecule has 1 aromatic rings. The topological polar surface area (TPSA) is 29.1 Å². The lowest BCUT2D eigenvalue weighted by molar-refractivity contribution is 0.0909. The molecular weight excluding hydrogens is 417 g/mol. The minimum absolute atomic E-state index is 0.0532. The van der Waals surface area contributed by atoms with Gasteiger partial charge < -0.3 is 5.32 Å². The molecule has 0 aliphatic heterocycles. The highest BCUT2D eigenvalue weighted by Crippen LogP contribution is 2.29. The predicted molar refractivity (Wildman–Crippen MR) is 90.3 cm³/mol. The number of halogens is 2. The van der Waals surface area contributed by atoms with E-state index in [0.29, 0.717) is 12.0 Å². The zero-order chi connectivity index (χ0) is 14.0. The molecule has 0 saturated heterocycles. The maximum absolute atomic E-state index is 12.3. The van der Waals surface area contributed by atoms with Gasteiger partial charge in [-0.3, -0.25) is 4.79 Å². The van der Waals surface area contributed by atoms with Gasteiger partial charge in [-0.15, -0.1) is 0 Å². The summed E-state index contributed by atoms with van der Waals surface area (Å²) in [6.07, 6.45) is 3.40. The van der Waals surface area contributed by atoms with E-state index < -0.39 is 0 Å². The van der Waals surface area contributed by atoms with E-state index in [1.54, 1.807) is 0 Å². The number of hydrogen-bond acceptors (Lipinski definition) is 1. The van der Waals surface area contributed by atoms with Crippen LogP contribution in [0.5, 0.6) is 0 Å². The summed E-state index contributed by atoms with van der Waals surface area (Å²) in [5.41, 5.74) is 0.765. The zero-order valence-corrected chi connectivity index (χ0v) is 15.0. The Bertz CT molecular complexity index is 477. The molecule has 1 aliphatic rings. The molecule has 0 bridgehead atoms. The lowest BCUT2D eigenvalue weighted by Gasteiger charge is -2.32. The third-order valence-corrected chi connectivity index (χ3v) is 5.54. The number of carbonyl (C=O) groups excluding carboxylic acids is 1. The van der Waals surface area contributed by atoms with E-state index in [9.17, 15) is 4.79 Å². The van der Waals surface area contributed by atoms with Crippen LogP contribution in [0.4, 0.5) is 0 Å². The van der Waals surface area contributed by atoms with Gasteiger partial charge in [0, 0.05) is 14.1 Å². The Balaban J connectivity index is 2.03. The molecule has 1 aromatic carbocycles. The molecule has 0 heterocycles. The van der Waals surface area contributed by atoms with Crippen molar-refractivity contribution in [3.05, 3.63) is 31.8 Å². The molecule has 1 N–H and O–H groups in total. The summed E-state index contributed by atoms with van der Waals surface area (Å²) in [7, 11) is 0. The van der Waals surface area contributed by atoms with Crippen LogP contribution in [-0.4, -0.2) is 11.9 Å². The van der Waals surface area contributed by atoms with E-state index in [4.69, 9.17) is 0 Å². The number of nitrogens with one attached hydrogen (secondary N) is 1. The molecule has 1 amide bonds. The first kappa shape index (κ1) is 15.3. The minimum atomic E-state index is 0.0532. The highest BCUT2D eigenvalue weighted by molar-refractivity contribution is 14.1. The second-order valence-corrected chi connectivity index (χ2v) is 7.64. The van der Waals surface area contributed by atoms with Crippen molar-refractivity contribution in [2.24, 2.45) is 11.8 Å². The molecule has 104 valence electrons. The first-order valence-corrected chi connectivity index (χ1v) is 8.60. The van der Waals surface area contributed by atoms with E-state index in [2.05, 4.69) is 57.7 Å². The van der Waals surface area contributed by atoms with Crippen molar-refractivity contribution < 1.29 is 4.79 Å². The fraction of sp³-hybridized carbons (Fsp3) is 0.533. The summed E-state index contributed by atoms with van der Waals surface area (Å²) in [5.74, 6) is 1.53. The van der Waals surface area contributed by atoms with Gasteiger partial charge in [0.25, 0.3) is 5.91 Å². The summed E-state index contributed by atoms with van der Waals surface area (Å²) >= 11 is 5.64. The lowest BCUT2D eigenvalue weighted by Crippen LogP contribution is -2.40. The Morgan fingerprint density at radius 2 is 2.05 bits per heavy atom. The molecule has 3 unspecified atom stereocenters. The number of carbonyl (C=O) groups is 1. The third-order valence-electron chi connectivity index (χ3n) is 4.11. The van der Waals surface area contributed by atoms with Crippen LogP contribution in [0, 0.1) is 15.4 Å². The summed E-state index contributed by atoms with van der Waals surface area (Å²) < 4.78 is 1.94. The molecule has 19 heavy (non-hydrogen) atoms. The van der Waals surface area contributed by atoms with Crippen molar-refractivity contribution in [1.29, 1.82) is 0 Å². The van der Waals surface area contributed by atoms with Gasteiger partial charge in [-0.25, -0.2) is 0 Å². The fourth-order valence-corrected chi connectivity index (χ4v) is 3.55. The number of hydrogen-bond donors (Lipinski definition) is 1. The smallest absolute Gasteiger partial charge is 0.252 e. The van der Waals surface area contributed by atoms with Crippen LogP contribution in [0.2, 0.25) is 0 Å². The molecule has 0 spiro atoms. The second-order valence-electron chi connectivity index (χ2n) is 5.56. The zero-order valence-electron chi connectivity index (χ0n) is 11.2. The first-order chi connectivity index (χ1) is 8.97. The molecule has 4 heteroatoms. The average molecular weight is 436 g/mol. The second kappa shape index (κ2) is 6.57. The first-order valence-electron chi connectivity index (χ1n) is 6.73. The van der Waals surface area contributed by atoms with Crippen LogP contribution in [0.25, 0.3) is 0 Å². The largest absolute Gasteiger partial charge is 0.349 e. The van der Waals surface area contributed by atoms with Gasteiger partial charge in [0.15, 0.2) is 0 Å². The Morgan fingerprint density at radius 1 is 1.32 bits per heavy atom. The van der Waals surface area contributed by atoms with Gasteiger partial charge in [-0.2, -0.15) is 0 Å². The highest BCUT2D eigenvalue weighted by Gasteiger charge is 2.26. The summed E-state index contributed by atoms with van der Waals surface area (Å²) in [6, 6.07) is 6.15. The van der Waals surface area contributed by atoms with Crippen LogP contribution in [0.1, 0.15) is 43.5 Å². The molecular formula is C15H19BrINO. The van der Waals surface area contributed by atoms with E-state index in [-0.39, 0.29) is 5.91 Å². The fourth-order valence-electron chi connectivity index (χ4n) is 2.61. The van der Waals surface area contributed by atoms with Gasteiger partial charge >= 0.3 is 0 Å². The Morgan fingerprint density at radius 3 is 2.74 bits per heavy atom. The predicted octanol–water partition coefficient (Wildman–Crippen LogP) is 4.61. The molecule has 1 fully saturated rings. The molecule has 1 aliphatic carbocycles. The van der Waals surface area contributed by atoms with Crippen LogP contribution in [0.3, 0.4) is 0 Å². The van der Waals surface area contributed by atoms with Crippen LogP contribution < -0.4 is 5.32 Å². The Hall–Kier alpha value is -0.100. The Kier molecular flexibility index (Phi) is 5.29. The van der Waals surface area contributed by atoms with Crippen molar-refractivity contribution in [2.45, 2.75) is 39.2 Å². The lowest BCUT2D eigenvalue weighted by atomic mass is 9.79. The molecule has 0 radical (unpaired) electrons.